The standard InChI is InChI=1S/C23H30N2O3/c26-21-11-10-18(16-22(21)27)6-4-5-9-23(28)24-20-12-14-25(15-13-20)17-19-7-2-1-3-8-19/h1-3,7-8,10-11,16,20,26-27H,4-6,9,12-15,17H2,(H,24,28). The smallest absolute Gasteiger partial charge is 0.220 e. The zero-order valence-corrected chi connectivity index (χ0v) is 16.3. The van der Waals surface area contributed by atoms with E-state index in [1.54, 1.807) is 12.1 Å². The lowest BCUT2D eigenvalue weighted by Gasteiger charge is -2.32. The predicted octanol–water partition coefficient (Wildman–Crippen LogP) is 3.59. The van der Waals surface area contributed by atoms with Crippen molar-refractivity contribution in [3.05, 3.63) is 59.7 Å². The molecule has 1 aliphatic rings. The number of amides is 1. The Morgan fingerprint density at radius 3 is 2.43 bits per heavy atom. The summed E-state index contributed by atoms with van der Waals surface area (Å²) in [4.78, 5) is 14.6. The second kappa shape index (κ2) is 10.1. The number of nitrogens with one attached hydrogen (secondary N) is 1. The van der Waals surface area contributed by atoms with Crippen LogP contribution in [0.2, 0.25) is 0 Å². The van der Waals surface area contributed by atoms with Gasteiger partial charge in [-0.05, 0) is 55.4 Å². The molecular weight excluding hydrogens is 352 g/mol. The number of aromatic hydroxyl groups is 2. The van der Waals surface area contributed by atoms with Crippen LogP contribution in [0.1, 0.15) is 43.2 Å². The maximum absolute atomic E-state index is 12.2. The molecule has 5 heteroatoms. The van der Waals surface area contributed by atoms with Crippen molar-refractivity contribution in [1.82, 2.24) is 10.2 Å². The maximum atomic E-state index is 12.2. The van der Waals surface area contributed by atoms with E-state index in [-0.39, 0.29) is 23.4 Å². The van der Waals surface area contributed by atoms with Gasteiger partial charge in [-0.15, -0.1) is 0 Å². The summed E-state index contributed by atoms with van der Waals surface area (Å²) >= 11 is 0. The van der Waals surface area contributed by atoms with Gasteiger partial charge in [-0.25, -0.2) is 0 Å². The number of nitrogens with zero attached hydrogens (tertiary/aromatic N) is 1. The van der Waals surface area contributed by atoms with Crippen LogP contribution in [0.15, 0.2) is 48.5 Å². The summed E-state index contributed by atoms with van der Waals surface area (Å²) < 4.78 is 0. The number of carbonyl (C=O) groups excluding carboxylic acids is 1. The van der Waals surface area contributed by atoms with E-state index in [4.69, 9.17) is 0 Å². The van der Waals surface area contributed by atoms with Crippen molar-refractivity contribution >= 4 is 5.91 Å². The fourth-order valence-corrected chi connectivity index (χ4v) is 3.72. The van der Waals surface area contributed by atoms with E-state index in [9.17, 15) is 15.0 Å². The summed E-state index contributed by atoms with van der Waals surface area (Å²) in [6, 6.07) is 15.7. The summed E-state index contributed by atoms with van der Waals surface area (Å²) in [6.45, 7) is 3.02. The van der Waals surface area contributed by atoms with Crippen LogP contribution in [0.4, 0.5) is 0 Å². The molecule has 1 aliphatic heterocycles. The molecule has 0 saturated carbocycles. The predicted molar refractivity (Wildman–Crippen MR) is 110 cm³/mol. The number of aryl methyl sites for hydroxylation is 1. The molecule has 2 aromatic rings. The van der Waals surface area contributed by atoms with Crippen LogP contribution in [0, 0.1) is 0 Å². The van der Waals surface area contributed by atoms with E-state index >= 15 is 0 Å². The van der Waals surface area contributed by atoms with Crippen LogP contribution in [0.25, 0.3) is 0 Å². The Hall–Kier alpha value is -2.53. The van der Waals surface area contributed by atoms with Gasteiger partial charge >= 0.3 is 0 Å². The molecule has 0 atom stereocenters. The first-order valence-corrected chi connectivity index (χ1v) is 10.2. The van der Waals surface area contributed by atoms with Crippen molar-refractivity contribution in [2.75, 3.05) is 13.1 Å². The first kappa shape index (κ1) is 20.2. The van der Waals surface area contributed by atoms with Crippen molar-refractivity contribution in [2.24, 2.45) is 0 Å². The molecule has 0 bridgehead atoms. The fourth-order valence-electron chi connectivity index (χ4n) is 3.72. The molecular formula is C23H30N2O3. The number of piperidine rings is 1. The molecule has 0 radical (unpaired) electrons. The van der Waals surface area contributed by atoms with E-state index in [0.717, 1.165) is 57.3 Å². The Bertz CT molecular complexity index is 756. The molecule has 0 spiro atoms. The number of benzene rings is 2. The summed E-state index contributed by atoms with van der Waals surface area (Å²) in [5, 5.41) is 22.0. The van der Waals surface area contributed by atoms with Gasteiger partial charge in [0.1, 0.15) is 0 Å². The third kappa shape index (κ3) is 6.27. The number of rotatable bonds is 8. The van der Waals surface area contributed by atoms with Crippen molar-refractivity contribution in [3.8, 4) is 11.5 Å². The average molecular weight is 383 g/mol. The molecule has 3 N–H and O–H groups in total. The lowest BCUT2D eigenvalue weighted by Crippen LogP contribution is -2.44. The van der Waals surface area contributed by atoms with Crippen LogP contribution in [0.5, 0.6) is 11.5 Å². The monoisotopic (exact) mass is 382 g/mol. The number of unbranched alkanes of at least 4 members (excludes halogenated alkanes) is 1. The van der Waals surface area contributed by atoms with E-state index in [1.165, 1.54) is 11.6 Å². The summed E-state index contributed by atoms with van der Waals surface area (Å²) in [5.74, 6) is -0.0538. The molecule has 0 unspecified atom stereocenters. The van der Waals surface area contributed by atoms with Crippen molar-refractivity contribution in [1.29, 1.82) is 0 Å². The van der Waals surface area contributed by atoms with E-state index in [1.807, 2.05) is 6.07 Å². The quantitative estimate of drug-likeness (QED) is 0.482. The summed E-state index contributed by atoms with van der Waals surface area (Å²) in [6.07, 6.45) is 5.04. The van der Waals surface area contributed by atoms with Crippen LogP contribution in [-0.4, -0.2) is 40.2 Å². The Morgan fingerprint density at radius 2 is 1.71 bits per heavy atom. The molecule has 1 saturated heterocycles. The number of carbonyl (C=O) groups is 1. The highest BCUT2D eigenvalue weighted by Gasteiger charge is 2.20. The van der Waals surface area contributed by atoms with Crippen molar-refractivity contribution in [2.45, 2.75) is 51.1 Å². The Labute approximate surface area is 167 Å². The summed E-state index contributed by atoms with van der Waals surface area (Å²) in [5.41, 5.74) is 2.31. The van der Waals surface area contributed by atoms with Gasteiger partial charge in [0, 0.05) is 32.1 Å². The normalized spacial score (nSPS) is 15.4. The molecule has 0 aliphatic carbocycles. The topological polar surface area (TPSA) is 72.8 Å². The van der Waals surface area contributed by atoms with Crippen LogP contribution >= 0.6 is 0 Å². The maximum Gasteiger partial charge on any atom is 0.220 e. The highest BCUT2D eigenvalue weighted by Crippen LogP contribution is 2.25. The molecule has 1 heterocycles. The van der Waals surface area contributed by atoms with Gasteiger partial charge in [-0.3, -0.25) is 9.69 Å². The van der Waals surface area contributed by atoms with Gasteiger partial charge in [-0.1, -0.05) is 36.4 Å². The number of phenolic OH excluding ortho intramolecular Hbond substituents is 2. The van der Waals surface area contributed by atoms with Crippen LogP contribution < -0.4 is 5.32 Å². The molecule has 28 heavy (non-hydrogen) atoms. The first-order chi connectivity index (χ1) is 13.6. The largest absolute Gasteiger partial charge is 0.504 e. The highest BCUT2D eigenvalue weighted by molar-refractivity contribution is 5.76. The molecule has 150 valence electrons. The first-order valence-electron chi connectivity index (χ1n) is 10.2. The molecule has 0 aromatic heterocycles. The molecule has 2 aromatic carbocycles. The second-order valence-corrected chi connectivity index (χ2v) is 7.63. The van der Waals surface area contributed by atoms with Gasteiger partial charge in [0.25, 0.3) is 0 Å². The van der Waals surface area contributed by atoms with Crippen LogP contribution in [0.3, 0.4) is 0 Å². The fraction of sp³-hybridized carbons (Fsp3) is 0.435. The lowest BCUT2D eigenvalue weighted by atomic mass is 10.0. The highest BCUT2D eigenvalue weighted by atomic mass is 16.3. The minimum absolute atomic E-state index is 0.0890. The minimum Gasteiger partial charge on any atom is -0.504 e. The van der Waals surface area contributed by atoms with E-state index in [2.05, 4.69) is 34.5 Å². The zero-order valence-electron chi connectivity index (χ0n) is 16.3. The Balaban J connectivity index is 1.29. The Morgan fingerprint density at radius 1 is 0.964 bits per heavy atom. The van der Waals surface area contributed by atoms with E-state index < -0.39 is 0 Å². The van der Waals surface area contributed by atoms with Gasteiger partial charge in [0.2, 0.25) is 5.91 Å². The van der Waals surface area contributed by atoms with Gasteiger partial charge in [0.05, 0.1) is 0 Å². The van der Waals surface area contributed by atoms with Gasteiger partial charge < -0.3 is 15.5 Å². The number of likely N-dealkylation sites (tertiary alicyclic amines) is 1. The van der Waals surface area contributed by atoms with Crippen molar-refractivity contribution < 1.29 is 15.0 Å². The number of phenols is 2. The average Bonchev–Trinajstić information content (AvgIpc) is 2.70. The van der Waals surface area contributed by atoms with Gasteiger partial charge in [-0.2, -0.15) is 0 Å². The third-order valence-corrected chi connectivity index (χ3v) is 5.36. The second-order valence-electron chi connectivity index (χ2n) is 7.63. The number of hydrogen-bond acceptors (Lipinski definition) is 4. The molecule has 3 rings (SSSR count). The number of hydrogen-bond donors (Lipinski definition) is 3. The van der Waals surface area contributed by atoms with E-state index in [0.29, 0.717) is 6.42 Å². The van der Waals surface area contributed by atoms with Gasteiger partial charge in [0.15, 0.2) is 11.5 Å². The molecule has 5 nitrogen and oxygen atoms in total. The zero-order chi connectivity index (χ0) is 19.8. The summed E-state index contributed by atoms with van der Waals surface area (Å²) in [7, 11) is 0. The molecule has 1 fully saturated rings. The minimum atomic E-state index is -0.0991. The SMILES string of the molecule is O=C(CCCCc1ccc(O)c(O)c1)NC1CCN(Cc2ccccc2)CC1. The van der Waals surface area contributed by atoms with Crippen LogP contribution in [-0.2, 0) is 17.8 Å². The molecule has 1 amide bonds. The lowest BCUT2D eigenvalue weighted by molar-refractivity contribution is -0.122. The van der Waals surface area contributed by atoms with Crippen molar-refractivity contribution in [3.63, 3.8) is 0 Å². The third-order valence-electron chi connectivity index (χ3n) is 5.36. The Kier molecular flexibility index (Phi) is 7.31.